The number of nitrogens with two attached hydrogens (primary N) is 1. The number of carbonyl (C=O) groups is 1. The van der Waals surface area contributed by atoms with Crippen LogP contribution in [0.15, 0.2) is 23.9 Å². The first-order valence-corrected chi connectivity index (χ1v) is 3.08. The minimum Gasteiger partial charge on any atom is -0.377 e. The Kier molecular flexibility index (Phi) is 4.17. The molecule has 4 heteroatoms. The molecular weight excluding hydrogens is 255 g/mol. The van der Waals surface area contributed by atoms with Gasteiger partial charge in [-0.15, -0.1) is 24.0 Å². The molecule has 0 aromatic heterocycles. The molecule has 0 saturated heterocycles. The summed E-state index contributed by atoms with van der Waals surface area (Å²) in [5.74, 6) is -0.357. The molecule has 0 aliphatic carbocycles. The number of carbonyl (C=O) groups excluding carboxylic acids is 1. The molecule has 0 fully saturated rings. The monoisotopic (exact) mass is 266 g/mol. The Bertz CT molecular complexity index is 210. The van der Waals surface area contributed by atoms with Crippen LogP contribution in [0.1, 0.15) is 0 Å². The van der Waals surface area contributed by atoms with Crippen LogP contribution in [0.25, 0.3) is 0 Å². The van der Waals surface area contributed by atoms with Gasteiger partial charge in [-0.1, -0.05) is 6.08 Å². The molecule has 3 nitrogen and oxygen atoms in total. The zero-order chi connectivity index (χ0) is 7.56. The van der Waals surface area contributed by atoms with Gasteiger partial charge in [-0.25, -0.2) is 0 Å². The number of amides is 1. The molecule has 62 valence electrons. The largest absolute Gasteiger partial charge is 0.377 e. The SMILES string of the molecule is CN1C=CC(C(N)=O)=CC1.I. The zero-order valence-corrected chi connectivity index (χ0v) is 8.61. The minimum atomic E-state index is -0.357. The van der Waals surface area contributed by atoms with Gasteiger partial charge in [-0.3, -0.25) is 4.79 Å². The highest BCUT2D eigenvalue weighted by Crippen LogP contribution is 2.03. The van der Waals surface area contributed by atoms with E-state index in [-0.39, 0.29) is 29.9 Å². The van der Waals surface area contributed by atoms with Crippen molar-refractivity contribution in [2.24, 2.45) is 5.73 Å². The van der Waals surface area contributed by atoms with Crippen molar-refractivity contribution in [1.82, 2.24) is 4.90 Å². The molecule has 1 heterocycles. The maximum Gasteiger partial charge on any atom is 0.248 e. The van der Waals surface area contributed by atoms with E-state index in [2.05, 4.69) is 0 Å². The van der Waals surface area contributed by atoms with Crippen LogP contribution in [0, 0.1) is 0 Å². The zero-order valence-electron chi connectivity index (χ0n) is 6.28. The van der Waals surface area contributed by atoms with Crippen molar-refractivity contribution in [2.75, 3.05) is 13.6 Å². The second-order valence-corrected chi connectivity index (χ2v) is 2.28. The minimum absolute atomic E-state index is 0. The van der Waals surface area contributed by atoms with Crippen LogP contribution in [0.3, 0.4) is 0 Å². The number of hydrogen-bond acceptors (Lipinski definition) is 2. The third-order valence-electron chi connectivity index (χ3n) is 1.39. The summed E-state index contributed by atoms with van der Waals surface area (Å²) in [5.41, 5.74) is 5.63. The van der Waals surface area contributed by atoms with E-state index in [9.17, 15) is 4.79 Å². The Labute approximate surface area is 82.9 Å². The molecule has 1 amide bonds. The maximum absolute atomic E-state index is 10.5. The van der Waals surface area contributed by atoms with Crippen molar-refractivity contribution in [3.8, 4) is 0 Å². The average molecular weight is 266 g/mol. The second kappa shape index (κ2) is 4.38. The molecule has 1 aliphatic heterocycles. The van der Waals surface area contributed by atoms with E-state index in [1.165, 1.54) is 0 Å². The van der Waals surface area contributed by atoms with Gasteiger partial charge in [-0.2, -0.15) is 0 Å². The second-order valence-electron chi connectivity index (χ2n) is 2.28. The topological polar surface area (TPSA) is 46.3 Å². The number of nitrogens with zero attached hydrogens (tertiary/aromatic N) is 1. The number of halogens is 1. The van der Waals surface area contributed by atoms with Crippen LogP contribution in [-0.4, -0.2) is 24.4 Å². The summed E-state index contributed by atoms with van der Waals surface area (Å²) in [6, 6.07) is 0. The molecule has 0 aromatic carbocycles. The smallest absolute Gasteiger partial charge is 0.248 e. The highest BCUT2D eigenvalue weighted by molar-refractivity contribution is 14.0. The number of hydrogen-bond donors (Lipinski definition) is 1. The molecule has 0 spiro atoms. The van der Waals surface area contributed by atoms with E-state index in [1.54, 1.807) is 6.08 Å². The van der Waals surface area contributed by atoms with Gasteiger partial charge in [0.2, 0.25) is 5.91 Å². The average Bonchev–Trinajstić information content (AvgIpc) is 1.88. The summed E-state index contributed by atoms with van der Waals surface area (Å²) >= 11 is 0. The quantitative estimate of drug-likeness (QED) is 0.701. The fraction of sp³-hybridized carbons (Fsp3) is 0.286. The summed E-state index contributed by atoms with van der Waals surface area (Å²) in [4.78, 5) is 12.5. The number of primary amides is 1. The van der Waals surface area contributed by atoms with Crippen molar-refractivity contribution >= 4 is 29.9 Å². The van der Waals surface area contributed by atoms with Crippen molar-refractivity contribution in [3.05, 3.63) is 23.9 Å². The Morgan fingerprint density at radius 1 is 1.73 bits per heavy atom. The highest BCUT2D eigenvalue weighted by Gasteiger charge is 2.03. The lowest BCUT2D eigenvalue weighted by atomic mass is 10.2. The first-order valence-electron chi connectivity index (χ1n) is 3.08. The molecule has 1 aliphatic rings. The third kappa shape index (κ3) is 2.92. The van der Waals surface area contributed by atoms with Crippen LogP contribution in [0.2, 0.25) is 0 Å². The summed E-state index contributed by atoms with van der Waals surface area (Å²) in [6.07, 6.45) is 5.36. The Balaban J connectivity index is 0.000001000. The van der Waals surface area contributed by atoms with Crippen LogP contribution in [0.5, 0.6) is 0 Å². The van der Waals surface area contributed by atoms with E-state index in [4.69, 9.17) is 5.73 Å². The Morgan fingerprint density at radius 2 is 2.36 bits per heavy atom. The van der Waals surface area contributed by atoms with Gasteiger partial charge in [0, 0.05) is 19.2 Å². The molecule has 0 unspecified atom stereocenters. The summed E-state index contributed by atoms with van der Waals surface area (Å²) in [7, 11) is 1.94. The van der Waals surface area contributed by atoms with Gasteiger partial charge in [0.1, 0.15) is 0 Å². The van der Waals surface area contributed by atoms with Crippen molar-refractivity contribution in [2.45, 2.75) is 0 Å². The highest BCUT2D eigenvalue weighted by atomic mass is 127. The van der Waals surface area contributed by atoms with Crippen molar-refractivity contribution in [3.63, 3.8) is 0 Å². The molecule has 0 atom stereocenters. The van der Waals surface area contributed by atoms with Crippen molar-refractivity contribution in [1.29, 1.82) is 0 Å². The summed E-state index contributed by atoms with van der Waals surface area (Å²) in [5, 5.41) is 0. The van der Waals surface area contributed by atoms with Gasteiger partial charge >= 0.3 is 0 Å². The van der Waals surface area contributed by atoms with Gasteiger partial charge in [0.05, 0.1) is 0 Å². The fourth-order valence-electron chi connectivity index (χ4n) is 0.762. The lowest BCUT2D eigenvalue weighted by Crippen LogP contribution is -2.20. The first-order chi connectivity index (χ1) is 4.70. The fourth-order valence-corrected chi connectivity index (χ4v) is 0.762. The van der Waals surface area contributed by atoms with Gasteiger partial charge < -0.3 is 10.6 Å². The molecular formula is C7H11IN2O. The van der Waals surface area contributed by atoms with Gasteiger partial charge in [-0.05, 0) is 12.3 Å². The van der Waals surface area contributed by atoms with Crippen LogP contribution in [-0.2, 0) is 4.79 Å². The predicted octanol–water partition coefficient (Wildman–Crippen LogP) is 0.475. The summed E-state index contributed by atoms with van der Waals surface area (Å²) < 4.78 is 0. The third-order valence-corrected chi connectivity index (χ3v) is 1.39. The molecule has 0 aromatic rings. The lowest BCUT2D eigenvalue weighted by Gasteiger charge is -2.15. The van der Waals surface area contributed by atoms with Crippen molar-refractivity contribution < 1.29 is 4.79 Å². The predicted molar refractivity (Wildman–Crippen MR) is 54.5 cm³/mol. The molecule has 0 bridgehead atoms. The Morgan fingerprint density at radius 3 is 2.73 bits per heavy atom. The first kappa shape index (κ1) is 10.5. The van der Waals surface area contributed by atoms with Crippen LogP contribution >= 0.6 is 24.0 Å². The number of likely N-dealkylation sites (N-methyl/N-ethyl adjacent to an activating group) is 1. The van der Waals surface area contributed by atoms with E-state index in [0.29, 0.717) is 5.57 Å². The van der Waals surface area contributed by atoms with Crippen LogP contribution < -0.4 is 5.73 Å². The molecule has 11 heavy (non-hydrogen) atoms. The summed E-state index contributed by atoms with van der Waals surface area (Å²) in [6.45, 7) is 0.759. The standard InChI is InChI=1S/C7H10N2O.HI/c1-9-4-2-6(3-5-9)7(8)10;/h2-4H,5H2,1H3,(H2,8,10);1H. The van der Waals surface area contributed by atoms with Crippen LogP contribution in [0.4, 0.5) is 0 Å². The molecule has 2 N–H and O–H groups in total. The normalized spacial score (nSPS) is 15.4. The van der Waals surface area contributed by atoms with E-state index in [1.807, 2.05) is 24.2 Å². The molecule has 1 rings (SSSR count). The maximum atomic E-state index is 10.5. The molecule has 0 saturated carbocycles. The number of rotatable bonds is 1. The van der Waals surface area contributed by atoms with E-state index >= 15 is 0 Å². The van der Waals surface area contributed by atoms with E-state index < -0.39 is 0 Å². The lowest BCUT2D eigenvalue weighted by molar-refractivity contribution is -0.114. The van der Waals surface area contributed by atoms with Gasteiger partial charge in [0.15, 0.2) is 0 Å². The van der Waals surface area contributed by atoms with E-state index in [0.717, 1.165) is 6.54 Å². The van der Waals surface area contributed by atoms with Gasteiger partial charge in [0.25, 0.3) is 0 Å². The Hall–Kier alpha value is -0.520. The molecule has 0 radical (unpaired) electrons.